The zero-order valence-electron chi connectivity index (χ0n) is 24.3. The predicted molar refractivity (Wildman–Crippen MR) is 166 cm³/mol. The SMILES string of the molecule is CCCCCCCC(c1cc(C)cc(-n2nc3ccccc3n2)c1O)c1cc(C)cc(-n2nc3ccccc3n2)c1O. The molecule has 6 aromatic rings. The lowest BCUT2D eigenvalue weighted by Crippen LogP contribution is -2.09. The average molecular weight is 561 g/mol. The van der Waals surface area contributed by atoms with Crippen molar-refractivity contribution < 1.29 is 10.2 Å². The normalized spacial score (nSPS) is 11.7. The van der Waals surface area contributed by atoms with Crippen LogP contribution in [0.25, 0.3) is 33.4 Å². The lowest BCUT2D eigenvalue weighted by molar-refractivity contribution is 0.440. The maximum atomic E-state index is 11.8. The quantitative estimate of drug-likeness (QED) is 0.167. The minimum absolute atomic E-state index is 0.116. The van der Waals surface area contributed by atoms with Crippen LogP contribution in [0.2, 0.25) is 0 Å². The summed E-state index contributed by atoms with van der Waals surface area (Å²) >= 11 is 0. The molecule has 0 spiro atoms. The Hall–Kier alpha value is -4.72. The fourth-order valence-corrected chi connectivity index (χ4v) is 5.78. The first-order chi connectivity index (χ1) is 20.4. The molecule has 0 radical (unpaired) electrons. The van der Waals surface area contributed by atoms with E-state index < -0.39 is 0 Å². The maximum Gasteiger partial charge on any atom is 0.146 e. The second-order valence-corrected chi connectivity index (χ2v) is 11.2. The first-order valence-electron chi connectivity index (χ1n) is 14.7. The van der Waals surface area contributed by atoms with Crippen LogP contribution < -0.4 is 0 Å². The van der Waals surface area contributed by atoms with E-state index in [1.807, 2.05) is 86.6 Å². The summed E-state index contributed by atoms with van der Waals surface area (Å²) in [6.45, 7) is 6.23. The van der Waals surface area contributed by atoms with Gasteiger partial charge in [0.2, 0.25) is 0 Å². The number of unbranched alkanes of at least 4 members (excludes halogenated alkanes) is 4. The van der Waals surface area contributed by atoms with Gasteiger partial charge in [0.15, 0.2) is 0 Å². The largest absolute Gasteiger partial charge is 0.505 e. The van der Waals surface area contributed by atoms with Gasteiger partial charge >= 0.3 is 0 Å². The lowest BCUT2D eigenvalue weighted by Gasteiger charge is -2.23. The third-order valence-corrected chi connectivity index (χ3v) is 7.88. The van der Waals surface area contributed by atoms with E-state index in [1.165, 1.54) is 22.4 Å². The van der Waals surface area contributed by atoms with Gasteiger partial charge in [-0.1, -0.05) is 75.4 Å². The van der Waals surface area contributed by atoms with Gasteiger partial charge in [-0.3, -0.25) is 0 Å². The minimum atomic E-state index is -0.265. The molecule has 8 nitrogen and oxygen atoms in total. The number of fused-ring (bicyclic) bond motifs is 2. The van der Waals surface area contributed by atoms with Crippen molar-refractivity contribution >= 4 is 22.1 Å². The molecule has 214 valence electrons. The van der Waals surface area contributed by atoms with Crippen molar-refractivity contribution in [2.75, 3.05) is 0 Å². The van der Waals surface area contributed by atoms with E-state index in [-0.39, 0.29) is 17.4 Å². The third-order valence-electron chi connectivity index (χ3n) is 7.88. The minimum Gasteiger partial charge on any atom is -0.505 e. The highest BCUT2D eigenvalue weighted by atomic mass is 16.3. The fraction of sp³-hybridized carbons (Fsp3) is 0.294. The molecule has 42 heavy (non-hydrogen) atoms. The number of benzene rings is 4. The molecular formula is C34H36N6O2. The van der Waals surface area contributed by atoms with E-state index in [0.29, 0.717) is 11.4 Å². The molecule has 4 aromatic carbocycles. The summed E-state index contributed by atoms with van der Waals surface area (Å²) in [4.78, 5) is 3.02. The van der Waals surface area contributed by atoms with Crippen LogP contribution in [0.1, 0.15) is 73.6 Å². The molecule has 2 aromatic heterocycles. The summed E-state index contributed by atoms with van der Waals surface area (Å²) in [7, 11) is 0. The molecule has 2 heterocycles. The highest BCUT2D eigenvalue weighted by Crippen LogP contribution is 2.44. The van der Waals surface area contributed by atoms with Crippen molar-refractivity contribution in [2.45, 2.75) is 65.2 Å². The Labute approximate surface area is 245 Å². The van der Waals surface area contributed by atoms with Crippen LogP contribution in [0.5, 0.6) is 11.5 Å². The van der Waals surface area contributed by atoms with E-state index in [0.717, 1.165) is 70.0 Å². The van der Waals surface area contributed by atoms with Crippen LogP contribution in [-0.4, -0.2) is 40.2 Å². The van der Waals surface area contributed by atoms with Crippen molar-refractivity contribution in [3.8, 4) is 22.9 Å². The van der Waals surface area contributed by atoms with Crippen molar-refractivity contribution in [1.29, 1.82) is 0 Å². The molecule has 0 saturated carbocycles. The number of phenolic OH excluding ortho intramolecular Hbond substituents is 2. The van der Waals surface area contributed by atoms with Crippen LogP contribution >= 0.6 is 0 Å². The summed E-state index contributed by atoms with van der Waals surface area (Å²) in [6.07, 6.45) is 6.34. The number of rotatable bonds is 10. The standard InChI is InChI=1S/C34H36N6O2/c1-4-5-6-7-8-13-24(25-18-22(2)20-31(33(25)41)39-35-27-14-9-10-15-28(27)36-39)26-19-23(3)21-32(34(26)42)40-37-29-16-11-12-17-30(29)38-40/h9-12,14-21,24,41-42H,4-8,13H2,1-3H3. The first kappa shape index (κ1) is 27.4. The van der Waals surface area contributed by atoms with Crippen molar-refractivity contribution in [3.63, 3.8) is 0 Å². The zero-order valence-corrected chi connectivity index (χ0v) is 24.3. The van der Waals surface area contributed by atoms with E-state index in [9.17, 15) is 10.2 Å². The molecule has 0 aliphatic heterocycles. The predicted octanol–water partition coefficient (Wildman–Crippen LogP) is 7.67. The van der Waals surface area contributed by atoms with E-state index >= 15 is 0 Å². The van der Waals surface area contributed by atoms with Gasteiger partial charge in [0.05, 0.1) is 0 Å². The molecule has 0 aliphatic carbocycles. The van der Waals surface area contributed by atoms with Gasteiger partial charge in [-0.25, -0.2) is 0 Å². The number of phenols is 2. The van der Waals surface area contributed by atoms with Crippen molar-refractivity contribution in [2.24, 2.45) is 0 Å². The van der Waals surface area contributed by atoms with Crippen LogP contribution in [-0.2, 0) is 0 Å². The van der Waals surface area contributed by atoms with Crippen LogP contribution in [0, 0.1) is 13.8 Å². The number of aryl methyl sites for hydroxylation is 2. The molecule has 0 unspecified atom stereocenters. The van der Waals surface area contributed by atoms with Gasteiger partial charge in [-0.2, -0.15) is 0 Å². The van der Waals surface area contributed by atoms with Gasteiger partial charge < -0.3 is 10.2 Å². The van der Waals surface area contributed by atoms with Crippen LogP contribution in [0.15, 0.2) is 72.8 Å². The van der Waals surface area contributed by atoms with Gasteiger partial charge in [0.25, 0.3) is 0 Å². The average Bonchev–Trinajstić information content (AvgIpc) is 3.62. The number of hydrogen-bond acceptors (Lipinski definition) is 6. The Morgan fingerprint density at radius 1 is 0.595 bits per heavy atom. The van der Waals surface area contributed by atoms with E-state index in [1.54, 1.807) is 0 Å². The second-order valence-electron chi connectivity index (χ2n) is 11.2. The van der Waals surface area contributed by atoms with E-state index in [4.69, 9.17) is 0 Å². The molecule has 0 amide bonds. The van der Waals surface area contributed by atoms with Crippen LogP contribution in [0.4, 0.5) is 0 Å². The van der Waals surface area contributed by atoms with Crippen molar-refractivity contribution in [3.05, 3.63) is 95.1 Å². The Morgan fingerprint density at radius 2 is 1.00 bits per heavy atom. The van der Waals surface area contributed by atoms with Crippen molar-refractivity contribution in [1.82, 2.24) is 30.0 Å². The Kier molecular flexibility index (Phi) is 7.61. The summed E-state index contributed by atoms with van der Waals surface area (Å²) < 4.78 is 0. The molecule has 0 saturated heterocycles. The Balaban J connectivity index is 1.48. The smallest absolute Gasteiger partial charge is 0.146 e. The Bertz CT molecular complexity index is 1680. The van der Waals surface area contributed by atoms with E-state index in [2.05, 4.69) is 27.3 Å². The summed E-state index contributed by atoms with van der Waals surface area (Å²) in [5, 5.41) is 42.1. The summed E-state index contributed by atoms with van der Waals surface area (Å²) in [6, 6.07) is 23.2. The number of nitrogens with zero attached hydrogens (tertiary/aromatic N) is 6. The molecule has 6 rings (SSSR count). The monoisotopic (exact) mass is 560 g/mol. The number of aromatic hydroxyl groups is 2. The van der Waals surface area contributed by atoms with Gasteiger partial charge in [-0.15, -0.1) is 30.0 Å². The highest BCUT2D eigenvalue weighted by molar-refractivity contribution is 5.75. The number of hydrogen-bond donors (Lipinski definition) is 2. The second kappa shape index (κ2) is 11.6. The third kappa shape index (κ3) is 5.32. The molecule has 0 fully saturated rings. The van der Waals surface area contributed by atoms with Gasteiger partial charge in [0.1, 0.15) is 44.9 Å². The number of aromatic nitrogens is 6. The summed E-state index contributed by atoms with van der Waals surface area (Å²) in [5.41, 5.74) is 7.50. The van der Waals surface area contributed by atoms with Gasteiger partial charge in [0, 0.05) is 17.0 Å². The molecule has 0 aliphatic rings. The van der Waals surface area contributed by atoms with Crippen LogP contribution in [0.3, 0.4) is 0 Å². The zero-order chi connectivity index (χ0) is 29.2. The molecule has 2 N–H and O–H groups in total. The lowest BCUT2D eigenvalue weighted by atomic mass is 9.83. The molecule has 0 bridgehead atoms. The first-order valence-corrected chi connectivity index (χ1v) is 14.7. The fourth-order valence-electron chi connectivity index (χ4n) is 5.78. The highest BCUT2D eigenvalue weighted by Gasteiger charge is 2.26. The topological polar surface area (TPSA) is 102 Å². The molecule has 0 atom stereocenters. The summed E-state index contributed by atoms with van der Waals surface area (Å²) in [5.74, 6) is -0.0337. The van der Waals surface area contributed by atoms with Gasteiger partial charge in [-0.05, 0) is 67.8 Å². The maximum absolute atomic E-state index is 11.8. The molecule has 8 heteroatoms. The Morgan fingerprint density at radius 3 is 1.40 bits per heavy atom. The molecular weight excluding hydrogens is 524 g/mol.